The van der Waals surface area contributed by atoms with Crippen molar-refractivity contribution >= 4 is 6.03 Å². The maximum atomic E-state index is 12.4. The number of carbonyl (C=O) groups excluding carboxylic acids is 1. The van der Waals surface area contributed by atoms with Crippen molar-refractivity contribution in [2.75, 3.05) is 32.7 Å². The van der Waals surface area contributed by atoms with Crippen LogP contribution in [0.2, 0.25) is 0 Å². The molecule has 0 spiro atoms. The van der Waals surface area contributed by atoms with Crippen molar-refractivity contribution in [1.82, 2.24) is 14.7 Å². The molecule has 24 heavy (non-hydrogen) atoms. The van der Waals surface area contributed by atoms with Gasteiger partial charge in [0.2, 0.25) is 0 Å². The molecular weight excluding hydrogens is 298 g/mol. The first-order valence-electron chi connectivity index (χ1n) is 9.65. The van der Waals surface area contributed by atoms with Crippen LogP contribution in [0.4, 0.5) is 4.79 Å². The van der Waals surface area contributed by atoms with Gasteiger partial charge in [0.1, 0.15) is 0 Å². The molecule has 2 saturated heterocycles. The number of piperidine rings is 1. The number of likely N-dealkylation sites (N-methyl/N-ethyl adjacent to an activating group) is 1. The van der Waals surface area contributed by atoms with Gasteiger partial charge in [0, 0.05) is 44.8 Å². The average molecular weight is 327 g/mol. The number of hydrogen-bond donors (Lipinski definition) is 0. The third-order valence-electron chi connectivity index (χ3n) is 6.23. The first kappa shape index (κ1) is 15.9. The standard InChI is InChI=1S/C20H29N3O/c1-2-21-14-15-23(20(21)24)17-10-12-22(13-11-17)19-9-5-7-16-6-3-4-8-18(16)19/h3-4,6,8,17,19H,2,5,7,9-15H2,1H3. The lowest BCUT2D eigenvalue weighted by Gasteiger charge is -2.42. The second-order valence-electron chi connectivity index (χ2n) is 7.43. The number of urea groups is 1. The Morgan fingerprint density at radius 1 is 1.04 bits per heavy atom. The normalized spacial score (nSPS) is 26.0. The molecule has 4 heteroatoms. The van der Waals surface area contributed by atoms with Gasteiger partial charge in [-0.05, 0) is 50.2 Å². The van der Waals surface area contributed by atoms with Gasteiger partial charge in [-0.2, -0.15) is 0 Å². The molecule has 1 aromatic rings. The quantitative estimate of drug-likeness (QED) is 0.852. The first-order valence-corrected chi connectivity index (χ1v) is 9.65. The Bertz CT molecular complexity index is 594. The number of fused-ring (bicyclic) bond motifs is 1. The van der Waals surface area contributed by atoms with Crippen LogP contribution >= 0.6 is 0 Å². The van der Waals surface area contributed by atoms with E-state index in [9.17, 15) is 4.79 Å². The fraction of sp³-hybridized carbons (Fsp3) is 0.650. The Balaban J connectivity index is 1.40. The van der Waals surface area contributed by atoms with Gasteiger partial charge in [0.15, 0.2) is 0 Å². The van der Waals surface area contributed by atoms with Crippen molar-refractivity contribution in [1.29, 1.82) is 0 Å². The van der Waals surface area contributed by atoms with Crippen LogP contribution in [0.25, 0.3) is 0 Å². The molecule has 4 nitrogen and oxygen atoms in total. The summed E-state index contributed by atoms with van der Waals surface area (Å²) in [4.78, 5) is 19.2. The van der Waals surface area contributed by atoms with Gasteiger partial charge in [0.25, 0.3) is 0 Å². The molecule has 1 aliphatic carbocycles. The van der Waals surface area contributed by atoms with Gasteiger partial charge >= 0.3 is 6.03 Å². The first-order chi connectivity index (χ1) is 11.8. The van der Waals surface area contributed by atoms with Gasteiger partial charge in [-0.15, -0.1) is 0 Å². The van der Waals surface area contributed by atoms with Gasteiger partial charge in [-0.25, -0.2) is 4.79 Å². The smallest absolute Gasteiger partial charge is 0.320 e. The van der Waals surface area contributed by atoms with Crippen LogP contribution < -0.4 is 0 Å². The number of likely N-dealkylation sites (tertiary alicyclic amines) is 1. The maximum absolute atomic E-state index is 12.4. The van der Waals surface area contributed by atoms with Crippen molar-refractivity contribution in [3.63, 3.8) is 0 Å². The minimum atomic E-state index is 0.263. The van der Waals surface area contributed by atoms with Crippen molar-refractivity contribution in [2.24, 2.45) is 0 Å². The lowest BCUT2D eigenvalue weighted by molar-refractivity contribution is 0.0959. The highest BCUT2D eigenvalue weighted by molar-refractivity contribution is 5.76. The monoisotopic (exact) mass is 327 g/mol. The summed E-state index contributed by atoms with van der Waals surface area (Å²) in [7, 11) is 0. The Morgan fingerprint density at radius 2 is 1.83 bits per heavy atom. The highest BCUT2D eigenvalue weighted by Gasteiger charge is 2.36. The molecule has 3 aliphatic rings. The molecule has 1 aromatic carbocycles. The molecule has 0 aromatic heterocycles. The van der Waals surface area contributed by atoms with Crippen LogP contribution in [0.15, 0.2) is 24.3 Å². The molecule has 1 unspecified atom stereocenters. The minimum Gasteiger partial charge on any atom is -0.323 e. The van der Waals surface area contributed by atoms with E-state index >= 15 is 0 Å². The van der Waals surface area contributed by atoms with Crippen LogP contribution in [-0.2, 0) is 6.42 Å². The van der Waals surface area contributed by atoms with Crippen molar-refractivity contribution < 1.29 is 4.79 Å². The van der Waals surface area contributed by atoms with Crippen LogP contribution in [0.1, 0.15) is 49.8 Å². The van der Waals surface area contributed by atoms with Crippen molar-refractivity contribution in [3.05, 3.63) is 35.4 Å². The molecule has 2 amide bonds. The van der Waals surface area contributed by atoms with E-state index in [4.69, 9.17) is 0 Å². The summed E-state index contributed by atoms with van der Waals surface area (Å²) < 4.78 is 0. The molecule has 1 atom stereocenters. The van der Waals surface area contributed by atoms with Gasteiger partial charge in [-0.1, -0.05) is 24.3 Å². The van der Waals surface area contributed by atoms with E-state index in [1.807, 2.05) is 4.90 Å². The highest BCUT2D eigenvalue weighted by atomic mass is 16.2. The number of benzene rings is 1. The van der Waals surface area contributed by atoms with E-state index in [-0.39, 0.29) is 6.03 Å². The predicted octanol–water partition coefficient (Wildman–Crippen LogP) is 3.29. The number of rotatable bonds is 3. The Morgan fingerprint density at radius 3 is 2.58 bits per heavy atom. The molecule has 2 heterocycles. The fourth-order valence-electron chi connectivity index (χ4n) is 4.85. The third kappa shape index (κ3) is 2.81. The summed E-state index contributed by atoms with van der Waals surface area (Å²) in [5.41, 5.74) is 3.10. The molecule has 0 radical (unpaired) electrons. The Kier molecular flexibility index (Phi) is 4.49. The molecular formula is C20H29N3O. The fourth-order valence-corrected chi connectivity index (χ4v) is 4.85. The van der Waals surface area contributed by atoms with Crippen LogP contribution in [0.3, 0.4) is 0 Å². The average Bonchev–Trinajstić information content (AvgIpc) is 3.02. The molecule has 0 bridgehead atoms. The van der Waals surface area contributed by atoms with E-state index in [0.29, 0.717) is 12.1 Å². The van der Waals surface area contributed by atoms with E-state index < -0.39 is 0 Å². The van der Waals surface area contributed by atoms with E-state index in [2.05, 4.69) is 41.0 Å². The molecule has 0 saturated carbocycles. The van der Waals surface area contributed by atoms with Gasteiger partial charge in [0.05, 0.1) is 0 Å². The molecule has 0 N–H and O–H groups in total. The summed E-state index contributed by atoms with van der Waals surface area (Å²) in [6.45, 7) is 6.99. The highest BCUT2D eigenvalue weighted by Crippen LogP contribution is 2.36. The molecule has 2 aliphatic heterocycles. The zero-order valence-corrected chi connectivity index (χ0v) is 14.8. The summed E-state index contributed by atoms with van der Waals surface area (Å²) in [6, 6.07) is 10.3. The topological polar surface area (TPSA) is 26.8 Å². The van der Waals surface area contributed by atoms with Crippen molar-refractivity contribution in [2.45, 2.75) is 51.1 Å². The zero-order chi connectivity index (χ0) is 16.5. The van der Waals surface area contributed by atoms with Crippen LogP contribution in [-0.4, -0.2) is 59.5 Å². The van der Waals surface area contributed by atoms with Crippen molar-refractivity contribution in [3.8, 4) is 0 Å². The minimum absolute atomic E-state index is 0.263. The molecule has 130 valence electrons. The van der Waals surface area contributed by atoms with Crippen LogP contribution in [0.5, 0.6) is 0 Å². The molecule has 4 rings (SSSR count). The summed E-state index contributed by atoms with van der Waals surface area (Å²) >= 11 is 0. The summed E-state index contributed by atoms with van der Waals surface area (Å²) in [5.74, 6) is 0. The second-order valence-corrected chi connectivity index (χ2v) is 7.43. The van der Waals surface area contributed by atoms with Gasteiger partial charge in [-0.3, -0.25) is 4.90 Å². The van der Waals surface area contributed by atoms with E-state index in [1.165, 1.54) is 19.3 Å². The lowest BCUT2D eigenvalue weighted by Crippen LogP contribution is -2.47. The van der Waals surface area contributed by atoms with E-state index in [1.54, 1.807) is 11.1 Å². The second kappa shape index (κ2) is 6.75. The zero-order valence-electron chi connectivity index (χ0n) is 14.8. The van der Waals surface area contributed by atoms with E-state index in [0.717, 1.165) is 45.6 Å². The molecule has 2 fully saturated rings. The summed E-state index contributed by atoms with van der Waals surface area (Å²) in [5, 5.41) is 0. The van der Waals surface area contributed by atoms with Crippen LogP contribution in [0, 0.1) is 0 Å². The Hall–Kier alpha value is -1.55. The largest absolute Gasteiger partial charge is 0.323 e. The number of hydrogen-bond acceptors (Lipinski definition) is 2. The maximum Gasteiger partial charge on any atom is 0.320 e. The van der Waals surface area contributed by atoms with Gasteiger partial charge < -0.3 is 9.80 Å². The third-order valence-corrected chi connectivity index (χ3v) is 6.23. The Labute approximate surface area is 145 Å². The number of nitrogens with zero attached hydrogens (tertiary/aromatic N) is 3. The lowest BCUT2D eigenvalue weighted by atomic mass is 9.85. The summed E-state index contributed by atoms with van der Waals surface area (Å²) in [6.07, 6.45) is 6.08. The number of carbonyl (C=O) groups is 1. The number of amides is 2. The number of aryl methyl sites for hydroxylation is 1. The SMILES string of the molecule is CCN1CCN(C2CCN(C3CCCc4ccccc43)CC2)C1=O. The predicted molar refractivity (Wildman–Crippen MR) is 96.1 cm³/mol.